The maximum Gasteiger partial charge on any atom is 0.286 e. The van der Waals surface area contributed by atoms with Gasteiger partial charge in [0.05, 0.1) is 18.8 Å². The molecule has 0 aliphatic rings. The third-order valence-electron chi connectivity index (χ3n) is 3.48. The van der Waals surface area contributed by atoms with E-state index < -0.39 is 0 Å². The van der Waals surface area contributed by atoms with Gasteiger partial charge >= 0.3 is 0 Å². The molecule has 0 spiro atoms. The molecule has 0 bridgehead atoms. The van der Waals surface area contributed by atoms with E-state index >= 15 is 0 Å². The van der Waals surface area contributed by atoms with Crippen molar-refractivity contribution in [2.24, 2.45) is 5.92 Å². The number of nitrogens with zero attached hydrogens (tertiary/aromatic N) is 1. The van der Waals surface area contributed by atoms with Gasteiger partial charge in [-0.1, -0.05) is 6.92 Å². The Morgan fingerprint density at radius 2 is 1.92 bits per heavy atom. The number of ether oxygens (including phenoxy) is 3. The summed E-state index contributed by atoms with van der Waals surface area (Å²) >= 11 is 0. The zero-order valence-electron chi connectivity index (χ0n) is 15.2. The lowest BCUT2D eigenvalue weighted by atomic mass is 10.0. The highest BCUT2D eigenvalue weighted by Gasteiger charge is 2.13. The van der Waals surface area contributed by atoms with E-state index in [0.29, 0.717) is 31.9 Å². The highest BCUT2D eigenvalue weighted by atomic mass is 16.5. The van der Waals surface area contributed by atoms with Crippen LogP contribution < -0.4 is 5.32 Å². The molecular weight excluding hydrogens is 312 g/mol. The lowest BCUT2D eigenvalue weighted by Crippen LogP contribution is -2.31. The Labute approximate surface area is 145 Å². The molecule has 7 heteroatoms. The minimum Gasteiger partial charge on any atom is -0.510 e. The van der Waals surface area contributed by atoms with Gasteiger partial charge in [-0.05, 0) is 39.5 Å². The zero-order valence-corrected chi connectivity index (χ0v) is 15.2. The van der Waals surface area contributed by atoms with Gasteiger partial charge in [0.15, 0.2) is 0 Å². The summed E-state index contributed by atoms with van der Waals surface area (Å²) < 4.78 is 15.9. The van der Waals surface area contributed by atoms with E-state index in [-0.39, 0.29) is 30.8 Å². The molecule has 0 amide bonds. The number of nitriles is 1. The smallest absolute Gasteiger partial charge is 0.286 e. The molecule has 0 radical (unpaired) electrons. The van der Waals surface area contributed by atoms with E-state index in [4.69, 9.17) is 24.6 Å². The summed E-state index contributed by atoms with van der Waals surface area (Å²) in [5, 5.41) is 29.6. The highest BCUT2D eigenvalue weighted by molar-refractivity contribution is 4.87. The molecule has 0 fully saturated rings. The van der Waals surface area contributed by atoms with E-state index in [1.54, 1.807) is 6.26 Å². The van der Waals surface area contributed by atoms with Gasteiger partial charge in [-0.15, -0.1) is 0 Å². The van der Waals surface area contributed by atoms with Crippen molar-refractivity contribution in [3.63, 3.8) is 0 Å². The number of hydrogen-bond acceptors (Lipinski definition) is 7. The van der Waals surface area contributed by atoms with Gasteiger partial charge in [-0.2, -0.15) is 5.26 Å². The van der Waals surface area contributed by atoms with Crippen LogP contribution in [-0.4, -0.2) is 48.3 Å². The van der Waals surface area contributed by atoms with Crippen molar-refractivity contribution in [3.05, 3.63) is 12.1 Å². The molecule has 4 unspecified atom stereocenters. The molecule has 0 saturated heterocycles. The van der Waals surface area contributed by atoms with E-state index in [9.17, 15) is 5.11 Å². The highest BCUT2D eigenvalue weighted by Crippen LogP contribution is 2.10. The average molecular weight is 344 g/mol. The van der Waals surface area contributed by atoms with E-state index in [1.165, 1.54) is 0 Å². The third-order valence-corrected chi connectivity index (χ3v) is 3.48. The Bertz CT molecular complexity index is 384. The topological polar surface area (TPSA) is 104 Å². The number of hydrogen-bond donors (Lipinski definition) is 3. The molecule has 24 heavy (non-hydrogen) atoms. The van der Waals surface area contributed by atoms with Crippen LogP contribution in [0.5, 0.6) is 0 Å². The monoisotopic (exact) mass is 344 g/mol. The van der Waals surface area contributed by atoms with E-state index in [2.05, 4.69) is 5.32 Å². The largest absolute Gasteiger partial charge is 0.510 e. The summed E-state index contributed by atoms with van der Waals surface area (Å²) in [6.45, 7) is 8.80. The second-order valence-corrected chi connectivity index (χ2v) is 6.19. The first-order valence-corrected chi connectivity index (χ1v) is 8.43. The number of rotatable bonds is 14. The first-order valence-electron chi connectivity index (χ1n) is 8.43. The van der Waals surface area contributed by atoms with Gasteiger partial charge in [0.2, 0.25) is 5.88 Å². The van der Waals surface area contributed by atoms with Crippen LogP contribution >= 0.6 is 0 Å². The standard InChI is InChI=1S/C17H32N2O5/c1-13(11-22-12-18)9-14(2)19-17(10-21)24-16(4)6-8-23-15(3)5-7-20/h10,13-16,19-21H,5-9,11H2,1-4H3/b17-10+. The molecule has 0 saturated carbocycles. The third kappa shape index (κ3) is 11.9. The lowest BCUT2D eigenvalue weighted by Gasteiger charge is -2.23. The summed E-state index contributed by atoms with van der Waals surface area (Å²) in [6.07, 6.45) is 4.54. The maximum absolute atomic E-state index is 9.31. The molecule has 0 aliphatic heterocycles. The minimum atomic E-state index is -0.122. The zero-order chi connectivity index (χ0) is 18.4. The number of aliphatic hydroxyl groups is 2. The van der Waals surface area contributed by atoms with Crippen molar-refractivity contribution in [1.82, 2.24) is 5.32 Å². The van der Waals surface area contributed by atoms with Crippen LogP contribution in [0.15, 0.2) is 12.1 Å². The number of aliphatic hydroxyl groups excluding tert-OH is 2. The van der Waals surface area contributed by atoms with E-state index in [0.717, 1.165) is 12.7 Å². The van der Waals surface area contributed by atoms with Gasteiger partial charge in [0.1, 0.15) is 12.9 Å². The molecule has 140 valence electrons. The van der Waals surface area contributed by atoms with Gasteiger partial charge in [-0.25, -0.2) is 0 Å². The van der Waals surface area contributed by atoms with Crippen molar-refractivity contribution in [3.8, 4) is 6.26 Å². The van der Waals surface area contributed by atoms with Crippen LogP contribution in [0.4, 0.5) is 0 Å². The fourth-order valence-corrected chi connectivity index (χ4v) is 2.23. The Balaban J connectivity index is 4.06. The second-order valence-electron chi connectivity index (χ2n) is 6.19. The van der Waals surface area contributed by atoms with Crippen molar-refractivity contribution in [2.75, 3.05) is 19.8 Å². The summed E-state index contributed by atoms with van der Waals surface area (Å²) in [5.74, 6) is 0.526. The Morgan fingerprint density at radius 3 is 2.50 bits per heavy atom. The maximum atomic E-state index is 9.31. The minimum absolute atomic E-state index is 0.0188. The normalized spacial score (nSPS) is 16.6. The predicted molar refractivity (Wildman–Crippen MR) is 90.9 cm³/mol. The molecular formula is C17H32N2O5. The fraction of sp³-hybridized carbons (Fsp3) is 0.824. The molecule has 0 aromatic heterocycles. The molecule has 4 atom stereocenters. The molecule has 0 heterocycles. The van der Waals surface area contributed by atoms with Crippen molar-refractivity contribution in [1.29, 1.82) is 5.26 Å². The van der Waals surface area contributed by atoms with Gasteiger partial charge in [0, 0.05) is 19.1 Å². The average Bonchev–Trinajstić information content (AvgIpc) is 2.52. The van der Waals surface area contributed by atoms with E-state index in [1.807, 2.05) is 27.7 Å². The molecule has 7 nitrogen and oxygen atoms in total. The molecule has 0 aliphatic carbocycles. The van der Waals surface area contributed by atoms with Crippen LogP contribution in [0, 0.1) is 17.4 Å². The molecule has 0 rings (SSSR count). The Morgan fingerprint density at radius 1 is 1.21 bits per heavy atom. The molecule has 0 aromatic rings. The second kappa shape index (κ2) is 13.8. The quantitative estimate of drug-likeness (QED) is 0.328. The summed E-state index contributed by atoms with van der Waals surface area (Å²) in [5.41, 5.74) is 0. The van der Waals surface area contributed by atoms with Crippen molar-refractivity contribution < 1.29 is 24.4 Å². The fourth-order valence-electron chi connectivity index (χ4n) is 2.23. The Hall–Kier alpha value is -1.65. The molecule has 3 N–H and O–H groups in total. The summed E-state index contributed by atoms with van der Waals surface area (Å²) in [4.78, 5) is 0. The first kappa shape index (κ1) is 22.4. The number of nitrogens with one attached hydrogen (secondary N) is 1. The first-order chi connectivity index (χ1) is 11.4. The van der Waals surface area contributed by atoms with Crippen molar-refractivity contribution >= 4 is 0 Å². The van der Waals surface area contributed by atoms with Crippen LogP contribution in [-0.2, 0) is 14.2 Å². The van der Waals surface area contributed by atoms with Gasteiger partial charge < -0.3 is 29.7 Å². The van der Waals surface area contributed by atoms with Crippen LogP contribution in [0.25, 0.3) is 0 Å². The summed E-state index contributed by atoms with van der Waals surface area (Å²) in [7, 11) is 0. The lowest BCUT2D eigenvalue weighted by molar-refractivity contribution is 0.0167. The van der Waals surface area contributed by atoms with Crippen molar-refractivity contribution in [2.45, 2.75) is 65.2 Å². The van der Waals surface area contributed by atoms with Gasteiger partial charge in [-0.3, -0.25) is 0 Å². The molecule has 0 aromatic carbocycles. The van der Waals surface area contributed by atoms with Crippen LogP contribution in [0.2, 0.25) is 0 Å². The predicted octanol–water partition coefficient (Wildman–Crippen LogP) is 2.43. The SMILES string of the molecule is CC(COC#N)CC(C)N/C(=C\O)OC(C)CCOC(C)CCO. The van der Waals surface area contributed by atoms with Crippen LogP contribution in [0.1, 0.15) is 47.0 Å². The summed E-state index contributed by atoms with van der Waals surface area (Å²) in [6, 6.07) is 0.0636. The Kier molecular flexibility index (Phi) is 12.8. The van der Waals surface area contributed by atoms with Crippen LogP contribution in [0.3, 0.4) is 0 Å². The van der Waals surface area contributed by atoms with Gasteiger partial charge in [0.25, 0.3) is 6.26 Å².